The topological polar surface area (TPSA) is 46.9 Å². The molecule has 5 heteroatoms. The second-order valence-electron chi connectivity index (χ2n) is 5.62. The summed E-state index contributed by atoms with van der Waals surface area (Å²) in [6, 6.07) is 17.8. The van der Waals surface area contributed by atoms with Crippen molar-refractivity contribution in [3.05, 3.63) is 72.6 Å². The van der Waals surface area contributed by atoms with Gasteiger partial charge >= 0.3 is 0 Å². The molecule has 1 heterocycles. The number of amides is 1. The molecule has 3 rings (SSSR count). The fourth-order valence-electron chi connectivity index (χ4n) is 2.72. The van der Waals surface area contributed by atoms with Crippen LogP contribution >= 0.6 is 11.8 Å². The lowest BCUT2D eigenvalue weighted by Gasteiger charge is -2.10. The van der Waals surface area contributed by atoms with Gasteiger partial charge in [0.2, 0.25) is 0 Å². The van der Waals surface area contributed by atoms with E-state index in [-0.39, 0.29) is 5.91 Å². The second kappa shape index (κ2) is 8.53. The summed E-state index contributed by atoms with van der Waals surface area (Å²) in [6.45, 7) is 1.45. The first-order valence-electron chi connectivity index (χ1n) is 8.27. The average Bonchev–Trinajstić information content (AvgIpc) is 3.14. The maximum Gasteiger partial charge on any atom is 0.252 e. The van der Waals surface area contributed by atoms with Crippen molar-refractivity contribution in [2.24, 2.45) is 0 Å². The molecule has 0 aliphatic carbocycles. The monoisotopic (exact) mass is 351 g/mol. The van der Waals surface area contributed by atoms with E-state index in [2.05, 4.69) is 27.0 Å². The molecule has 0 aliphatic heterocycles. The van der Waals surface area contributed by atoms with Crippen LogP contribution in [0.1, 0.15) is 16.8 Å². The minimum Gasteiger partial charge on any atom is -0.352 e. The molecule has 0 fully saturated rings. The maximum atomic E-state index is 12.3. The fraction of sp³-hybridized carbons (Fsp3) is 0.200. The Morgan fingerprint density at radius 1 is 1.12 bits per heavy atom. The maximum absolute atomic E-state index is 12.3. The van der Waals surface area contributed by atoms with Gasteiger partial charge in [0.25, 0.3) is 5.91 Å². The third kappa shape index (κ3) is 4.31. The van der Waals surface area contributed by atoms with Gasteiger partial charge in [0.1, 0.15) is 5.82 Å². The number of benzene rings is 2. The van der Waals surface area contributed by atoms with Gasteiger partial charge in [-0.05, 0) is 24.8 Å². The molecule has 1 aromatic heterocycles. The predicted octanol–water partition coefficient (Wildman–Crippen LogP) is 4.09. The predicted molar refractivity (Wildman–Crippen MR) is 103 cm³/mol. The molecule has 128 valence electrons. The minimum absolute atomic E-state index is 0.0149. The lowest BCUT2D eigenvalue weighted by molar-refractivity contribution is 0.0950. The summed E-state index contributed by atoms with van der Waals surface area (Å²) >= 11 is 1.59. The van der Waals surface area contributed by atoms with Gasteiger partial charge in [-0.1, -0.05) is 42.5 Å². The molecule has 4 nitrogen and oxygen atoms in total. The molecule has 0 bridgehead atoms. The first-order valence-corrected chi connectivity index (χ1v) is 9.50. The quantitative estimate of drug-likeness (QED) is 0.515. The Hall–Kier alpha value is -2.53. The van der Waals surface area contributed by atoms with Crippen molar-refractivity contribution in [2.75, 3.05) is 12.8 Å². The zero-order valence-corrected chi connectivity index (χ0v) is 15.0. The molecule has 2 aromatic carbocycles. The molecule has 0 spiro atoms. The zero-order chi connectivity index (χ0) is 17.5. The molecular formula is C20H21N3OS. The van der Waals surface area contributed by atoms with Crippen LogP contribution in [-0.2, 0) is 6.54 Å². The van der Waals surface area contributed by atoms with Gasteiger partial charge in [-0.25, -0.2) is 4.98 Å². The molecule has 1 N–H and O–H groups in total. The van der Waals surface area contributed by atoms with Gasteiger partial charge in [0.15, 0.2) is 0 Å². The lowest BCUT2D eigenvalue weighted by Crippen LogP contribution is -2.25. The number of nitrogens with zero attached hydrogens (tertiary/aromatic N) is 2. The number of carbonyl (C=O) groups excluding carboxylic acids is 1. The first kappa shape index (κ1) is 17.3. The number of nitrogens with one attached hydrogen (secondary N) is 1. The summed E-state index contributed by atoms with van der Waals surface area (Å²) in [7, 11) is 0. The minimum atomic E-state index is -0.0149. The van der Waals surface area contributed by atoms with Crippen molar-refractivity contribution in [3.63, 3.8) is 0 Å². The van der Waals surface area contributed by atoms with Gasteiger partial charge in [-0.2, -0.15) is 0 Å². The standard InChI is InChI=1S/C20H21N3OS/c1-25-18-11-6-5-10-17(18)20(24)22-12-7-14-23-15-13-21-19(23)16-8-3-2-4-9-16/h2-6,8-11,13,15H,7,12,14H2,1H3,(H,22,24). The van der Waals surface area contributed by atoms with Crippen LogP contribution in [0.5, 0.6) is 0 Å². The van der Waals surface area contributed by atoms with E-state index in [1.807, 2.05) is 61.1 Å². The Balaban J connectivity index is 1.54. The third-order valence-corrected chi connectivity index (χ3v) is 4.76. The van der Waals surface area contributed by atoms with Crippen LogP contribution in [0.2, 0.25) is 0 Å². The highest BCUT2D eigenvalue weighted by molar-refractivity contribution is 7.98. The number of carbonyl (C=O) groups is 1. The van der Waals surface area contributed by atoms with Gasteiger partial charge < -0.3 is 9.88 Å². The Bertz CT molecular complexity index is 830. The molecular weight excluding hydrogens is 330 g/mol. The highest BCUT2D eigenvalue weighted by Crippen LogP contribution is 2.20. The highest BCUT2D eigenvalue weighted by atomic mass is 32.2. The van der Waals surface area contributed by atoms with E-state index in [1.165, 1.54) is 0 Å². The molecule has 1 amide bonds. The average molecular weight is 351 g/mol. The third-order valence-electron chi connectivity index (χ3n) is 3.96. The van der Waals surface area contributed by atoms with Crippen molar-refractivity contribution < 1.29 is 4.79 Å². The Morgan fingerprint density at radius 3 is 2.68 bits per heavy atom. The summed E-state index contributed by atoms with van der Waals surface area (Å²) in [5, 5.41) is 3.01. The van der Waals surface area contributed by atoms with E-state index in [9.17, 15) is 4.79 Å². The second-order valence-corrected chi connectivity index (χ2v) is 6.47. The van der Waals surface area contributed by atoms with E-state index in [4.69, 9.17) is 0 Å². The van der Waals surface area contributed by atoms with Crippen molar-refractivity contribution in [1.29, 1.82) is 0 Å². The van der Waals surface area contributed by atoms with Crippen molar-refractivity contribution in [1.82, 2.24) is 14.9 Å². The number of hydrogen-bond acceptors (Lipinski definition) is 3. The molecule has 3 aromatic rings. The van der Waals surface area contributed by atoms with E-state index >= 15 is 0 Å². The van der Waals surface area contributed by atoms with Crippen LogP contribution in [0.4, 0.5) is 0 Å². The van der Waals surface area contributed by atoms with Gasteiger partial charge in [-0.15, -0.1) is 11.8 Å². The van der Waals surface area contributed by atoms with Crippen molar-refractivity contribution in [2.45, 2.75) is 17.9 Å². The van der Waals surface area contributed by atoms with Gasteiger partial charge in [0, 0.05) is 35.9 Å². The van der Waals surface area contributed by atoms with Gasteiger partial charge in [-0.3, -0.25) is 4.79 Å². The number of aromatic nitrogens is 2. The van der Waals surface area contributed by atoms with Gasteiger partial charge in [0.05, 0.1) is 5.56 Å². The van der Waals surface area contributed by atoms with E-state index in [0.717, 1.165) is 34.8 Å². The number of aryl methyl sites for hydroxylation is 1. The zero-order valence-electron chi connectivity index (χ0n) is 14.2. The summed E-state index contributed by atoms with van der Waals surface area (Å²) in [5.74, 6) is 0.943. The Kier molecular flexibility index (Phi) is 5.90. The molecule has 0 radical (unpaired) electrons. The van der Waals surface area contributed by atoms with Crippen LogP contribution in [0, 0.1) is 0 Å². The summed E-state index contributed by atoms with van der Waals surface area (Å²) in [6.07, 6.45) is 6.63. The first-order chi connectivity index (χ1) is 12.3. The molecule has 25 heavy (non-hydrogen) atoms. The summed E-state index contributed by atoms with van der Waals surface area (Å²) in [4.78, 5) is 17.8. The SMILES string of the molecule is CSc1ccccc1C(=O)NCCCn1ccnc1-c1ccccc1. The van der Waals surface area contributed by atoms with Crippen LogP contribution < -0.4 is 5.32 Å². The largest absolute Gasteiger partial charge is 0.352 e. The fourth-order valence-corrected chi connectivity index (χ4v) is 3.31. The smallest absolute Gasteiger partial charge is 0.252 e. The van der Waals surface area contributed by atoms with Crippen LogP contribution in [0.15, 0.2) is 71.9 Å². The Labute approximate surface area is 152 Å². The van der Waals surface area contributed by atoms with Crippen LogP contribution in [0.3, 0.4) is 0 Å². The van der Waals surface area contributed by atoms with Crippen molar-refractivity contribution >= 4 is 17.7 Å². The summed E-state index contributed by atoms with van der Waals surface area (Å²) in [5.41, 5.74) is 1.84. The molecule has 0 unspecified atom stereocenters. The molecule has 0 saturated heterocycles. The molecule has 0 aliphatic rings. The van der Waals surface area contributed by atoms with Crippen LogP contribution in [0.25, 0.3) is 11.4 Å². The Morgan fingerprint density at radius 2 is 1.88 bits per heavy atom. The van der Waals surface area contributed by atoms with E-state index in [0.29, 0.717) is 6.54 Å². The molecule has 0 saturated carbocycles. The number of thioether (sulfide) groups is 1. The highest BCUT2D eigenvalue weighted by Gasteiger charge is 2.10. The lowest BCUT2D eigenvalue weighted by atomic mass is 10.2. The normalized spacial score (nSPS) is 10.6. The number of hydrogen-bond donors (Lipinski definition) is 1. The summed E-state index contributed by atoms with van der Waals surface area (Å²) < 4.78 is 2.12. The van der Waals surface area contributed by atoms with Crippen molar-refractivity contribution in [3.8, 4) is 11.4 Å². The van der Waals surface area contributed by atoms with E-state index in [1.54, 1.807) is 11.8 Å². The number of rotatable bonds is 7. The molecule has 0 atom stereocenters. The van der Waals surface area contributed by atoms with E-state index < -0.39 is 0 Å². The van der Waals surface area contributed by atoms with Crippen LogP contribution in [-0.4, -0.2) is 28.3 Å². The number of imidazole rings is 1.